The molecule has 1 aromatic carbocycles. The number of piperazine rings is 1. The molecule has 3 rings (SSSR count). The first kappa shape index (κ1) is 17.2. The van der Waals surface area contributed by atoms with Crippen molar-refractivity contribution in [2.75, 3.05) is 31.1 Å². The number of carbonyl (C=O) groups excluding carboxylic acids is 2. The molecular weight excluding hydrogens is 340 g/mol. The maximum Gasteiger partial charge on any atom is 0.253 e. The molecule has 2 heterocycles. The van der Waals surface area contributed by atoms with Crippen LogP contribution in [0.4, 0.5) is 5.82 Å². The first-order valence-corrected chi connectivity index (χ1v) is 8.47. The lowest BCUT2D eigenvalue weighted by molar-refractivity contribution is -0.118. The number of amides is 2. The predicted molar refractivity (Wildman–Crippen MR) is 96.7 cm³/mol. The average Bonchev–Trinajstić information content (AvgIpc) is 2.67. The zero-order valence-corrected chi connectivity index (χ0v) is 14.4. The van der Waals surface area contributed by atoms with Crippen molar-refractivity contribution in [1.29, 1.82) is 0 Å². The lowest BCUT2D eigenvalue weighted by Gasteiger charge is -2.33. The van der Waals surface area contributed by atoms with E-state index in [0.717, 1.165) is 30.9 Å². The number of halogens is 1. The number of aromatic nitrogens is 1. The van der Waals surface area contributed by atoms with Gasteiger partial charge in [0.15, 0.2) is 0 Å². The van der Waals surface area contributed by atoms with Crippen molar-refractivity contribution in [3.8, 4) is 0 Å². The molecule has 1 fully saturated rings. The molecule has 7 heteroatoms. The van der Waals surface area contributed by atoms with Crippen LogP contribution in [0.15, 0.2) is 42.6 Å². The Morgan fingerprint density at radius 3 is 2.56 bits per heavy atom. The van der Waals surface area contributed by atoms with Crippen molar-refractivity contribution in [2.45, 2.75) is 6.54 Å². The molecule has 2 amide bonds. The third-order valence-corrected chi connectivity index (χ3v) is 4.56. The van der Waals surface area contributed by atoms with Gasteiger partial charge in [-0.25, -0.2) is 4.98 Å². The molecule has 1 aromatic heterocycles. The summed E-state index contributed by atoms with van der Waals surface area (Å²) in [4.78, 5) is 31.2. The highest BCUT2D eigenvalue weighted by Gasteiger charge is 2.17. The van der Waals surface area contributed by atoms with Gasteiger partial charge in [-0.05, 0) is 23.8 Å². The SMILES string of the molecule is O=CN1CCN(c2ccc(C(=O)NCc3ccccc3Cl)cn2)CC1. The van der Waals surface area contributed by atoms with Gasteiger partial charge in [0.05, 0.1) is 5.56 Å². The Morgan fingerprint density at radius 2 is 1.92 bits per heavy atom. The number of anilines is 1. The second-order valence-electron chi connectivity index (χ2n) is 5.81. The van der Waals surface area contributed by atoms with Crippen LogP contribution in [-0.2, 0) is 11.3 Å². The molecule has 1 aliphatic heterocycles. The molecule has 0 aliphatic carbocycles. The second kappa shape index (κ2) is 7.98. The quantitative estimate of drug-likeness (QED) is 0.830. The molecule has 1 aliphatic rings. The smallest absolute Gasteiger partial charge is 0.253 e. The van der Waals surface area contributed by atoms with Gasteiger partial charge in [-0.1, -0.05) is 29.8 Å². The highest BCUT2D eigenvalue weighted by molar-refractivity contribution is 6.31. The van der Waals surface area contributed by atoms with E-state index in [4.69, 9.17) is 11.6 Å². The van der Waals surface area contributed by atoms with Crippen molar-refractivity contribution in [3.63, 3.8) is 0 Å². The van der Waals surface area contributed by atoms with Crippen molar-refractivity contribution in [1.82, 2.24) is 15.2 Å². The summed E-state index contributed by atoms with van der Waals surface area (Å²) < 4.78 is 0. The third-order valence-electron chi connectivity index (χ3n) is 4.19. The van der Waals surface area contributed by atoms with Crippen molar-refractivity contribution in [3.05, 3.63) is 58.7 Å². The molecule has 25 heavy (non-hydrogen) atoms. The minimum Gasteiger partial charge on any atom is -0.353 e. The third kappa shape index (κ3) is 4.28. The predicted octanol–water partition coefficient (Wildman–Crippen LogP) is 1.94. The Labute approximate surface area is 151 Å². The van der Waals surface area contributed by atoms with Crippen LogP contribution in [0.3, 0.4) is 0 Å². The van der Waals surface area contributed by atoms with E-state index in [0.29, 0.717) is 30.2 Å². The molecule has 2 aromatic rings. The Bertz CT molecular complexity index is 743. The molecule has 0 saturated carbocycles. The molecule has 1 N–H and O–H groups in total. The van der Waals surface area contributed by atoms with E-state index in [9.17, 15) is 9.59 Å². The van der Waals surface area contributed by atoms with Crippen LogP contribution < -0.4 is 10.2 Å². The maximum absolute atomic E-state index is 12.2. The summed E-state index contributed by atoms with van der Waals surface area (Å²) in [5.74, 6) is 0.623. The first-order chi connectivity index (χ1) is 12.2. The van der Waals surface area contributed by atoms with E-state index in [1.807, 2.05) is 24.3 Å². The van der Waals surface area contributed by atoms with Crippen LogP contribution in [-0.4, -0.2) is 48.4 Å². The van der Waals surface area contributed by atoms with Gasteiger partial charge in [0.1, 0.15) is 5.82 Å². The van der Waals surface area contributed by atoms with Crippen LogP contribution in [0.25, 0.3) is 0 Å². The first-order valence-electron chi connectivity index (χ1n) is 8.09. The standard InChI is InChI=1S/C18H19ClN4O2/c19-16-4-2-1-3-14(16)11-21-18(25)15-5-6-17(20-12-15)23-9-7-22(13-24)8-10-23/h1-6,12-13H,7-11H2,(H,21,25). The molecule has 1 saturated heterocycles. The summed E-state index contributed by atoms with van der Waals surface area (Å²) >= 11 is 6.09. The van der Waals surface area contributed by atoms with Gasteiger partial charge < -0.3 is 15.1 Å². The molecule has 0 unspecified atom stereocenters. The lowest BCUT2D eigenvalue weighted by Crippen LogP contribution is -2.46. The van der Waals surface area contributed by atoms with Gasteiger partial charge >= 0.3 is 0 Å². The molecule has 6 nitrogen and oxygen atoms in total. The normalized spacial score (nSPS) is 14.3. The van der Waals surface area contributed by atoms with Crippen LogP contribution in [0.2, 0.25) is 5.02 Å². The summed E-state index contributed by atoms with van der Waals surface area (Å²) in [7, 11) is 0. The minimum atomic E-state index is -0.190. The highest BCUT2D eigenvalue weighted by Crippen LogP contribution is 2.16. The van der Waals surface area contributed by atoms with Crippen LogP contribution in [0.5, 0.6) is 0 Å². The van der Waals surface area contributed by atoms with Gasteiger partial charge in [0.2, 0.25) is 6.41 Å². The average molecular weight is 359 g/mol. The fraction of sp³-hybridized carbons (Fsp3) is 0.278. The highest BCUT2D eigenvalue weighted by atomic mass is 35.5. The zero-order chi connectivity index (χ0) is 17.6. The number of nitrogens with one attached hydrogen (secondary N) is 1. The van der Waals surface area contributed by atoms with Gasteiger partial charge in [-0.15, -0.1) is 0 Å². The molecular formula is C18H19ClN4O2. The van der Waals surface area contributed by atoms with E-state index < -0.39 is 0 Å². The number of nitrogens with zero attached hydrogens (tertiary/aromatic N) is 3. The van der Waals surface area contributed by atoms with E-state index in [1.165, 1.54) is 0 Å². The summed E-state index contributed by atoms with van der Waals surface area (Å²) in [5, 5.41) is 3.48. The maximum atomic E-state index is 12.2. The Morgan fingerprint density at radius 1 is 1.16 bits per heavy atom. The van der Waals surface area contributed by atoms with Gasteiger partial charge in [-0.3, -0.25) is 9.59 Å². The summed E-state index contributed by atoms with van der Waals surface area (Å²) in [5.41, 5.74) is 1.37. The van der Waals surface area contributed by atoms with Crippen LogP contribution in [0, 0.1) is 0 Å². The summed E-state index contributed by atoms with van der Waals surface area (Å²) in [6.07, 6.45) is 2.45. The van der Waals surface area contributed by atoms with Crippen molar-refractivity contribution in [2.24, 2.45) is 0 Å². The van der Waals surface area contributed by atoms with E-state index in [2.05, 4.69) is 15.2 Å². The summed E-state index contributed by atoms with van der Waals surface area (Å²) in [6.45, 7) is 3.22. The van der Waals surface area contributed by atoms with Crippen molar-refractivity contribution < 1.29 is 9.59 Å². The molecule has 130 valence electrons. The Kier molecular flexibility index (Phi) is 5.50. The molecule has 0 radical (unpaired) electrons. The number of carbonyl (C=O) groups is 2. The molecule has 0 bridgehead atoms. The Balaban J connectivity index is 1.57. The number of hydrogen-bond acceptors (Lipinski definition) is 4. The van der Waals surface area contributed by atoms with Crippen LogP contribution in [0.1, 0.15) is 15.9 Å². The van der Waals surface area contributed by atoms with E-state index in [-0.39, 0.29) is 5.91 Å². The lowest BCUT2D eigenvalue weighted by atomic mass is 10.2. The number of hydrogen-bond donors (Lipinski definition) is 1. The fourth-order valence-electron chi connectivity index (χ4n) is 2.68. The Hall–Kier alpha value is -2.60. The monoisotopic (exact) mass is 358 g/mol. The van der Waals surface area contributed by atoms with Gasteiger partial charge in [-0.2, -0.15) is 0 Å². The van der Waals surface area contributed by atoms with E-state index >= 15 is 0 Å². The zero-order valence-electron chi connectivity index (χ0n) is 13.7. The molecule has 0 atom stereocenters. The van der Waals surface area contributed by atoms with Gasteiger partial charge in [0, 0.05) is 43.9 Å². The largest absolute Gasteiger partial charge is 0.353 e. The van der Waals surface area contributed by atoms with Crippen LogP contribution >= 0.6 is 11.6 Å². The number of rotatable bonds is 5. The number of pyridine rings is 1. The molecule has 0 spiro atoms. The second-order valence-corrected chi connectivity index (χ2v) is 6.21. The fourth-order valence-corrected chi connectivity index (χ4v) is 2.89. The minimum absolute atomic E-state index is 0.190. The van der Waals surface area contributed by atoms with Crippen molar-refractivity contribution >= 4 is 29.7 Å². The van der Waals surface area contributed by atoms with E-state index in [1.54, 1.807) is 23.2 Å². The van der Waals surface area contributed by atoms with Gasteiger partial charge in [0.25, 0.3) is 5.91 Å². The topological polar surface area (TPSA) is 65.5 Å². The number of benzene rings is 1. The summed E-state index contributed by atoms with van der Waals surface area (Å²) in [6, 6.07) is 11.0.